The quantitative estimate of drug-likeness (QED) is 0.494. The number of H-pyrrole nitrogens is 1. The lowest BCUT2D eigenvalue weighted by molar-refractivity contribution is 0.0712. The van der Waals surface area contributed by atoms with Crippen LogP contribution in [0.3, 0.4) is 0 Å². The first-order valence-electron chi connectivity index (χ1n) is 11.2. The first-order valence-corrected chi connectivity index (χ1v) is 11.2. The van der Waals surface area contributed by atoms with Crippen molar-refractivity contribution >= 4 is 17.3 Å². The lowest BCUT2D eigenvalue weighted by Gasteiger charge is -2.32. The van der Waals surface area contributed by atoms with Gasteiger partial charge in [-0.1, -0.05) is 18.2 Å². The molecule has 0 unspecified atom stereocenters. The minimum absolute atomic E-state index is 0.0886. The van der Waals surface area contributed by atoms with Crippen LogP contribution in [0.25, 0.3) is 5.52 Å². The zero-order chi connectivity index (χ0) is 22.8. The molecule has 4 aromatic rings. The third-order valence-corrected chi connectivity index (χ3v) is 6.40. The molecule has 0 radical (unpaired) electrons. The van der Waals surface area contributed by atoms with Crippen molar-refractivity contribution in [2.75, 3.05) is 13.1 Å². The van der Waals surface area contributed by atoms with E-state index in [1.54, 1.807) is 16.9 Å². The molecule has 1 fully saturated rings. The van der Waals surface area contributed by atoms with Gasteiger partial charge in [0.2, 0.25) is 0 Å². The van der Waals surface area contributed by atoms with E-state index >= 15 is 0 Å². The molecule has 1 aliphatic rings. The third kappa shape index (κ3) is 4.24. The number of amides is 2. The molecule has 1 saturated heterocycles. The fourth-order valence-electron chi connectivity index (χ4n) is 4.47. The second-order valence-electron chi connectivity index (χ2n) is 8.49. The van der Waals surface area contributed by atoms with Crippen molar-refractivity contribution in [3.8, 4) is 0 Å². The number of likely N-dealkylation sites (tertiary alicyclic amines) is 1. The Balaban J connectivity index is 1.29. The van der Waals surface area contributed by atoms with Crippen molar-refractivity contribution in [1.82, 2.24) is 30.0 Å². The van der Waals surface area contributed by atoms with Crippen molar-refractivity contribution in [3.05, 3.63) is 89.5 Å². The number of nitrogens with zero attached hydrogens (tertiary/aromatic N) is 4. The highest BCUT2D eigenvalue weighted by atomic mass is 16.2. The van der Waals surface area contributed by atoms with Crippen LogP contribution in [0.15, 0.2) is 67.1 Å². The van der Waals surface area contributed by atoms with Gasteiger partial charge in [-0.25, -0.2) is 4.52 Å². The van der Waals surface area contributed by atoms with E-state index in [-0.39, 0.29) is 17.9 Å². The number of benzene rings is 1. The maximum Gasteiger partial charge on any atom is 0.255 e. The molecule has 168 valence electrons. The molecule has 1 atom stereocenters. The van der Waals surface area contributed by atoms with Crippen molar-refractivity contribution in [2.45, 2.75) is 31.7 Å². The highest BCUT2D eigenvalue weighted by molar-refractivity contribution is 6.00. The summed E-state index contributed by atoms with van der Waals surface area (Å²) in [6, 6.07) is 15.2. The summed E-state index contributed by atoms with van der Waals surface area (Å²) in [6.45, 7) is 3.35. The summed E-state index contributed by atoms with van der Waals surface area (Å²) in [5.74, 6) is 0.253. The molecule has 8 heteroatoms. The van der Waals surface area contributed by atoms with Gasteiger partial charge in [0, 0.05) is 31.0 Å². The van der Waals surface area contributed by atoms with E-state index in [9.17, 15) is 9.59 Å². The molecule has 2 N–H and O–H groups in total. The summed E-state index contributed by atoms with van der Waals surface area (Å²) in [5.41, 5.74) is 4.07. The molecule has 2 amide bonds. The van der Waals surface area contributed by atoms with Crippen LogP contribution in [0.4, 0.5) is 0 Å². The Morgan fingerprint density at radius 3 is 2.64 bits per heavy atom. The number of fused-ring (bicyclic) bond motifs is 1. The van der Waals surface area contributed by atoms with Crippen molar-refractivity contribution in [3.63, 3.8) is 0 Å². The molecular weight excluding hydrogens is 416 g/mol. The van der Waals surface area contributed by atoms with Gasteiger partial charge in [0.25, 0.3) is 11.8 Å². The number of hydrogen-bond acceptors (Lipinski definition) is 4. The Morgan fingerprint density at radius 2 is 1.91 bits per heavy atom. The highest BCUT2D eigenvalue weighted by Crippen LogP contribution is 2.30. The molecule has 33 heavy (non-hydrogen) atoms. The Labute approximate surface area is 191 Å². The average molecular weight is 443 g/mol. The van der Waals surface area contributed by atoms with E-state index in [0.717, 1.165) is 42.7 Å². The zero-order valence-electron chi connectivity index (χ0n) is 18.4. The summed E-state index contributed by atoms with van der Waals surface area (Å²) in [6.07, 6.45) is 6.96. The third-order valence-electron chi connectivity index (χ3n) is 6.40. The molecule has 5 rings (SSSR count). The van der Waals surface area contributed by atoms with Gasteiger partial charge in [-0.15, -0.1) is 0 Å². The predicted molar refractivity (Wildman–Crippen MR) is 124 cm³/mol. The average Bonchev–Trinajstić information content (AvgIpc) is 3.54. The normalized spacial score (nSPS) is 15.5. The fraction of sp³-hybridized carbons (Fsp3) is 0.280. The molecule has 0 saturated carbocycles. The van der Waals surface area contributed by atoms with Crippen LogP contribution in [-0.2, 0) is 0 Å². The summed E-state index contributed by atoms with van der Waals surface area (Å²) in [4.78, 5) is 27.6. The number of pyridine rings is 1. The van der Waals surface area contributed by atoms with Gasteiger partial charge in [-0.3, -0.25) is 14.7 Å². The minimum atomic E-state index is -0.190. The van der Waals surface area contributed by atoms with E-state index in [4.69, 9.17) is 0 Å². The molecule has 1 aliphatic heterocycles. The maximum atomic E-state index is 12.9. The van der Waals surface area contributed by atoms with E-state index in [1.807, 2.05) is 54.4 Å². The van der Waals surface area contributed by atoms with E-state index < -0.39 is 0 Å². The number of hydrogen-bond donors (Lipinski definition) is 2. The van der Waals surface area contributed by atoms with Crippen LogP contribution in [0, 0.1) is 0 Å². The Hall–Kier alpha value is -3.94. The number of aromatic amines is 1. The Kier molecular flexibility index (Phi) is 5.64. The molecule has 0 bridgehead atoms. The number of rotatable bonds is 5. The van der Waals surface area contributed by atoms with Gasteiger partial charge >= 0.3 is 0 Å². The fourth-order valence-corrected chi connectivity index (χ4v) is 4.47. The van der Waals surface area contributed by atoms with Crippen LogP contribution < -0.4 is 5.32 Å². The van der Waals surface area contributed by atoms with Gasteiger partial charge in [0.1, 0.15) is 0 Å². The van der Waals surface area contributed by atoms with Crippen molar-refractivity contribution in [1.29, 1.82) is 0 Å². The SMILES string of the molecule is C[C@@H](NC(=O)c1cnn2ccc(C3CCN(C(=O)c4ccccc4)CC3)cc12)c1ccn[nH]1. The summed E-state index contributed by atoms with van der Waals surface area (Å²) >= 11 is 0. The highest BCUT2D eigenvalue weighted by Gasteiger charge is 2.25. The number of nitrogens with one attached hydrogen (secondary N) is 2. The number of carbonyl (C=O) groups is 2. The largest absolute Gasteiger partial charge is 0.344 e. The van der Waals surface area contributed by atoms with Gasteiger partial charge < -0.3 is 10.2 Å². The van der Waals surface area contributed by atoms with Crippen molar-refractivity contribution in [2.24, 2.45) is 0 Å². The lowest BCUT2D eigenvalue weighted by atomic mass is 9.89. The number of piperidine rings is 1. The molecule has 3 aromatic heterocycles. The van der Waals surface area contributed by atoms with Crippen LogP contribution in [0.5, 0.6) is 0 Å². The molecular formula is C25H26N6O2. The molecule has 0 spiro atoms. The van der Waals surface area contributed by atoms with E-state index in [0.29, 0.717) is 11.5 Å². The predicted octanol–water partition coefficient (Wildman–Crippen LogP) is 3.57. The van der Waals surface area contributed by atoms with E-state index in [2.05, 4.69) is 32.7 Å². The topological polar surface area (TPSA) is 95.4 Å². The van der Waals surface area contributed by atoms with Crippen LogP contribution >= 0.6 is 0 Å². The second-order valence-corrected chi connectivity index (χ2v) is 8.49. The second kappa shape index (κ2) is 8.90. The zero-order valence-corrected chi connectivity index (χ0v) is 18.4. The Bertz CT molecular complexity index is 1260. The number of carbonyl (C=O) groups excluding carboxylic acids is 2. The van der Waals surface area contributed by atoms with Gasteiger partial charge in [-0.2, -0.15) is 10.2 Å². The minimum Gasteiger partial charge on any atom is -0.344 e. The summed E-state index contributed by atoms with van der Waals surface area (Å²) in [7, 11) is 0. The first-order chi connectivity index (χ1) is 16.1. The van der Waals surface area contributed by atoms with Gasteiger partial charge in [0.15, 0.2) is 0 Å². The van der Waals surface area contributed by atoms with Crippen LogP contribution in [0.1, 0.15) is 63.7 Å². The summed E-state index contributed by atoms with van der Waals surface area (Å²) < 4.78 is 1.73. The molecule has 0 aliphatic carbocycles. The van der Waals surface area contributed by atoms with Gasteiger partial charge in [0.05, 0.1) is 29.0 Å². The Morgan fingerprint density at radius 1 is 1.12 bits per heavy atom. The molecule has 4 heterocycles. The van der Waals surface area contributed by atoms with Crippen molar-refractivity contribution < 1.29 is 9.59 Å². The standard InChI is InChI=1S/C25H26N6O2/c1-17(22-7-11-26-29-22)28-24(32)21-16-27-31-14-10-20(15-23(21)31)18-8-12-30(13-9-18)25(33)19-5-3-2-4-6-19/h2-7,10-11,14-18H,8-9,12-13H2,1H3,(H,26,29)(H,28,32)/t17-/m1/s1. The molecule has 8 nitrogen and oxygen atoms in total. The van der Waals surface area contributed by atoms with Crippen LogP contribution in [0.2, 0.25) is 0 Å². The smallest absolute Gasteiger partial charge is 0.255 e. The van der Waals surface area contributed by atoms with Crippen LogP contribution in [-0.4, -0.2) is 49.6 Å². The molecule has 1 aromatic carbocycles. The lowest BCUT2D eigenvalue weighted by Crippen LogP contribution is -2.37. The first kappa shape index (κ1) is 20.9. The van der Waals surface area contributed by atoms with E-state index in [1.165, 1.54) is 5.56 Å². The number of aromatic nitrogens is 4. The maximum absolute atomic E-state index is 12.9. The monoisotopic (exact) mass is 442 g/mol. The van der Waals surface area contributed by atoms with Gasteiger partial charge in [-0.05, 0) is 61.6 Å². The summed E-state index contributed by atoms with van der Waals surface area (Å²) in [5, 5.41) is 14.2.